The van der Waals surface area contributed by atoms with Crippen LogP contribution in [0.15, 0.2) is 45.6 Å². The first-order chi connectivity index (χ1) is 15.9. The number of rotatable bonds is 5. The smallest absolute Gasteiger partial charge is 0.297 e. The first-order valence-electron chi connectivity index (χ1n) is 10.8. The summed E-state index contributed by atoms with van der Waals surface area (Å²) >= 11 is 1.36. The van der Waals surface area contributed by atoms with E-state index in [1.165, 1.54) is 16.2 Å². The number of aryl methyl sites for hydroxylation is 3. The van der Waals surface area contributed by atoms with Crippen molar-refractivity contribution < 1.29 is 13.9 Å². The van der Waals surface area contributed by atoms with E-state index in [0.717, 1.165) is 34.5 Å². The zero-order chi connectivity index (χ0) is 23.3. The number of anilines is 1. The molecule has 5 rings (SSSR count). The summed E-state index contributed by atoms with van der Waals surface area (Å²) in [6, 6.07) is 10.3. The van der Waals surface area contributed by atoms with Crippen LogP contribution in [0.25, 0.3) is 11.0 Å². The van der Waals surface area contributed by atoms with Crippen LogP contribution >= 0.6 is 11.3 Å². The van der Waals surface area contributed by atoms with Crippen molar-refractivity contribution in [2.24, 2.45) is 0 Å². The molecular formula is C25H23N3O4S. The summed E-state index contributed by atoms with van der Waals surface area (Å²) in [4.78, 5) is 28.9. The van der Waals surface area contributed by atoms with Crippen LogP contribution in [0.3, 0.4) is 0 Å². The molecule has 1 aliphatic rings. The van der Waals surface area contributed by atoms with E-state index in [0.29, 0.717) is 27.4 Å². The summed E-state index contributed by atoms with van der Waals surface area (Å²) in [6.07, 6.45) is 1.70. The van der Waals surface area contributed by atoms with Crippen molar-refractivity contribution in [1.82, 2.24) is 10.2 Å². The highest BCUT2D eigenvalue weighted by Crippen LogP contribution is 2.43. The summed E-state index contributed by atoms with van der Waals surface area (Å²) in [5, 5.41) is 10.3. The highest BCUT2D eigenvalue weighted by Gasteiger charge is 2.45. The van der Waals surface area contributed by atoms with Crippen LogP contribution in [0.2, 0.25) is 0 Å². The Morgan fingerprint density at radius 3 is 2.67 bits per heavy atom. The van der Waals surface area contributed by atoms with Gasteiger partial charge in [0.15, 0.2) is 5.43 Å². The van der Waals surface area contributed by atoms with Crippen molar-refractivity contribution in [3.8, 4) is 5.75 Å². The van der Waals surface area contributed by atoms with Crippen LogP contribution in [-0.2, 0) is 6.42 Å². The van der Waals surface area contributed by atoms with Gasteiger partial charge in [-0.05, 0) is 61.2 Å². The fourth-order valence-corrected chi connectivity index (χ4v) is 5.18. The fourth-order valence-electron chi connectivity index (χ4n) is 4.21. The predicted molar refractivity (Wildman–Crippen MR) is 128 cm³/mol. The molecule has 3 heterocycles. The molecule has 1 unspecified atom stereocenters. The average molecular weight is 462 g/mol. The van der Waals surface area contributed by atoms with Crippen LogP contribution in [0.1, 0.15) is 57.2 Å². The largest absolute Gasteiger partial charge is 0.497 e. The molecule has 0 fully saturated rings. The van der Waals surface area contributed by atoms with E-state index in [1.807, 2.05) is 50.2 Å². The molecule has 0 aliphatic carbocycles. The van der Waals surface area contributed by atoms with Crippen LogP contribution < -0.4 is 15.1 Å². The molecule has 0 saturated heterocycles. The van der Waals surface area contributed by atoms with E-state index in [-0.39, 0.29) is 11.2 Å². The number of methoxy groups -OCH3 is 1. The van der Waals surface area contributed by atoms with E-state index in [2.05, 4.69) is 17.1 Å². The maximum atomic E-state index is 13.7. The van der Waals surface area contributed by atoms with Gasteiger partial charge in [0.05, 0.1) is 24.1 Å². The molecule has 2 aromatic carbocycles. The Kier molecular flexibility index (Phi) is 5.25. The molecule has 0 spiro atoms. The average Bonchev–Trinajstić information content (AvgIpc) is 3.38. The second-order valence-electron chi connectivity index (χ2n) is 8.19. The van der Waals surface area contributed by atoms with Crippen molar-refractivity contribution in [1.29, 1.82) is 0 Å². The molecule has 1 amide bonds. The van der Waals surface area contributed by atoms with Gasteiger partial charge in [0.25, 0.3) is 5.91 Å². The van der Waals surface area contributed by atoms with Gasteiger partial charge in [-0.25, -0.2) is 0 Å². The molecule has 2 aromatic heterocycles. The summed E-state index contributed by atoms with van der Waals surface area (Å²) in [5.41, 5.74) is 3.23. The number of fused-ring (bicyclic) bond motifs is 2. The SMILES string of the molecule is CCCc1nnc(N2C(=O)c3oc4cc(C)c(C)cc4c(=O)c3C2c2cccc(OC)c2)s1. The summed E-state index contributed by atoms with van der Waals surface area (Å²) in [7, 11) is 1.58. The third kappa shape index (κ3) is 3.41. The Hall–Kier alpha value is -3.52. The number of hydrogen-bond donors (Lipinski definition) is 0. The number of carbonyl (C=O) groups is 1. The lowest BCUT2D eigenvalue weighted by Crippen LogP contribution is -2.29. The maximum absolute atomic E-state index is 13.7. The summed E-state index contributed by atoms with van der Waals surface area (Å²) in [5.74, 6) is 0.291. The van der Waals surface area contributed by atoms with Gasteiger partial charge in [-0.3, -0.25) is 14.5 Å². The van der Waals surface area contributed by atoms with E-state index >= 15 is 0 Å². The van der Waals surface area contributed by atoms with E-state index in [4.69, 9.17) is 9.15 Å². The standard InChI is InChI=1S/C25H23N3O4S/c1-5-7-19-26-27-25(33-19)28-21(15-8-6-9-16(12-15)31-4)20-22(29)17-10-13(2)14(3)11-18(17)32-23(20)24(28)30/h6,8-12,21H,5,7H2,1-4H3. The number of ether oxygens (including phenoxy) is 1. The number of carbonyl (C=O) groups excluding carboxylic acids is 1. The minimum Gasteiger partial charge on any atom is -0.497 e. The first-order valence-corrected chi connectivity index (χ1v) is 11.6. The molecule has 0 N–H and O–H groups in total. The van der Waals surface area contributed by atoms with Crippen LogP contribution in [-0.4, -0.2) is 23.2 Å². The lowest BCUT2D eigenvalue weighted by atomic mass is 9.97. The molecule has 0 bridgehead atoms. The van der Waals surface area contributed by atoms with Crippen molar-refractivity contribution in [3.05, 3.63) is 79.6 Å². The van der Waals surface area contributed by atoms with Gasteiger partial charge in [-0.15, -0.1) is 10.2 Å². The van der Waals surface area contributed by atoms with Crippen LogP contribution in [0.4, 0.5) is 5.13 Å². The molecule has 1 atom stereocenters. The maximum Gasteiger partial charge on any atom is 0.297 e. The Balaban J connectivity index is 1.78. The molecule has 33 heavy (non-hydrogen) atoms. The molecule has 168 valence electrons. The second-order valence-corrected chi connectivity index (χ2v) is 9.23. The first kappa shape index (κ1) is 21.3. The van der Waals surface area contributed by atoms with Crippen LogP contribution in [0, 0.1) is 13.8 Å². The van der Waals surface area contributed by atoms with E-state index < -0.39 is 11.9 Å². The fraction of sp³-hybridized carbons (Fsp3) is 0.280. The Morgan fingerprint density at radius 1 is 1.12 bits per heavy atom. The van der Waals surface area contributed by atoms with E-state index in [9.17, 15) is 9.59 Å². The summed E-state index contributed by atoms with van der Waals surface area (Å²) < 4.78 is 11.5. The van der Waals surface area contributed by atoms with Gasteiger partial charge in [-0.2, -0.15) is 0 Å². The molecule has 7 nitrogen and oxygen atoms in total. The lowest BCUT2D eigenvalue weighted by Gasteiger charge is -2.22. The van der Waals surface area contributed by atoms with Crippen molar-refractivity contribution in [2.75, 3.05) is 12.0 Å². The highest BCUT2D eigenvalue weighted by molar-refractivity contribution is 7.15. The Morgan fingerprint density at radius 2 is 1.91 bits per heavy atom. The lowest BCUT2D eigenvalue weighted by molar-refractivity contribution is 0.0970. The normalized spacial score (nSPS) is 15.3. The molecule has 0 radical (unpaired) electrons. The monoisotopic (exact) mass is 461 g/mol. The highest BCUT2D eigenvalue weighted by atomic mass is 32.1. The van der Waals surface area contributed by atoms with E-state index in [1.54, 1.807) is 7.11 Å². The molecular weight excluding hydrogens is 438 g/mol. The van der Waals surface area contributed by atoms with Crippen molar-refractivity contribution in [3.63, 3.8) is 0 Å². The van der Waals surface area contributed by atoms with Gasteiger partial charge in [0.2, 0.25) is 10.9 Å². The van der Waals surface area contributed by atoms with Gasteiger partial charge >= 0.3 is 0 Å². The zero-order valence-electron chi connectivity index (χ0n) is 18.8. The molecule has 4 aromatic rings. The quantitative estimate of drug-likeness (QED) is 0.417. The van der Waals surface area contributed by atoms with Gasteiger partial charge in [0, 0.05) is 6.42 Å². The Bertz CT molecular complexity index is 1460. The number of hydrogen-bond acceptors (Lipinski definition) is 7. The number of aromatic nitrogens is 2. The van der Waals surface area contributed by atoms with Gasteiger partial charge in [-0.1, -0.05) is 30.4 Å². The number of amides is 1. The predicted octanol–water partition coefficient (Wildman–Crippen LogP) is 4.97. The topological polar surface area (TPSA) is 85.5 Å². The van der Waals surface area contributed by atoms with Crippen molar-refractivity contribution >= 4 is 33.3 Å². The van der Waals surface area contributed by atoms with Crippen LogP contribution in [0.5, 0.6) is 5.75 Å². The molecule has 0 saturated carbocycles. The number of nitrogens with zero attached hydrogens (tertiary/aromatic N) is 3. The van der Waals surface area contributed by atoms with Gasteiger partial charge in [0.1, 0.15) is 16.3 Å². The minimum absolute atomic E-state index is 0.0517. The second kappa shape index (κ2) is 8.12. The summed E-state index contributed by atoms with van der Waals surface area (Å²) in [6.45, 7) is 5.97. The molecule has 8 heteroatoms. The van der Waals surface area contributed by atoms with Crippen molar-refractivity contribution in [2.45, 2.75) is 39.7 Å². The number of benzene rings is 2. The third-order valence-electron chi connectivity index (χ3n) is 6.02. The third-order valence-corrected chi connectivity index (χ3v) is 7.00. The van der Waals surface area contributed by atoms with Gasteiger partial charge < -0.3 is 9.15 Å². The zero-order valence-corrected chi connectivity index (χ0v) is 19.7. The molecule has 1 aliphatic heterocycles. The Labute approximate surface area is 194 Å². The minimum atomic E-state index is -0.688.